The summed E-state index contributed by atoms with van der Waals surface area (Å²) >= 11 is 0. The molecule has 2 aromatic rings. The third kappa shape index (κ3) is 1.90. The van der Waals surface area contributed by atoms with Crippen molar-refractivity contribution in [2.24, 2.45) is 0 Å². The van der Waals surface area contributed by atoms with Crippen LogP contribution in [0.1, 0.15) is 17.3 Å². The molecule has 2 N–H and O–H groups in total. The van der Waals surface area contributed by atoms with Gasteiger partial charge in [0, 0.05) is 31.0 Å². The molecule has 1 saturated heterocycles. The molecule has 3 rings (SSSR count). The summed E-state index contributed by atoms with van der Waals surface area (Å²) in [6, 6.07) is 2.39. The normalized spacial score (nSPS) is 15.8. The fraction of sp³-hybridized carbons (Fsp3) is 0.417. The van der Waals surface area contributed by atoms with E-state index in [1.807, 2.05) is 23.9 Å². The van der Waals surface area contributed by atoms with E-state index >= 15 is 0 Å². The Labute approximate surface area is 105 Å². The lowest BCUT2D eigenvalue weighted by Gasteiger charge is -2.40. The van der Waals surface area contributed by atoms with Gasteiger partial charge in [-0.25, -0.2) is 4.98 Å². The molecule has 0 aromatic carbocycles. The Morgan fingerprint density at radius 3 is 2.67 bits per heavy atom. The van der Waals surface area contributed by atoms with E-state index in [9.17, 15) is 0 Å². The van der Waals surface area contributed by atoms with Crippen LogP contribution in [0.3, 0.4) is 0 Å². The SMILES string of the molecule is Cc1cnn(C2CN(c3cc(C)nc(N)n3)C2)c1. The molecule has 6 nitrogen and oxygen atoms in total. The second-order valence-corrected chi connectivity index (χ2v) is 4.78. The van der Waals surface area contributed by atoms with Crippen molar-refractivity contribution in [3.8, 4) is 0 Å². The van der Waals surface area contributed by atoms with Crippen LogP contribution in [-0.2, 0) is 0 Å². The Morgan fingerprint density at radius 2 is 2.06 bits per heavy atom. The van der Waals surface area contributed by atoms with Crippen LogP contribution in [0.15, 0.2) is 18.5 Å². The van der Waals surface area contributed by atoms with Gasteiger partial charge in [-0.3, -0.25) is 4.68 Å². The third-order valence-electron chi connectivity index (χ3n) is 3.15. The molecule has 0 atom stereocenters. The van der Waals surface area contributed by atoms with Gasteiger partial charge in [0.1, 0.15) is 5.82 Å². The Hall–Kier alpha value is -2.11. The zero-order valence-electron chi connectivity index (χ0n) is 10.5. The molecule has 0 bridgehead atoms. The Morgan fingerprint density at radius 1 is 1.28 bits per heavy atom. The van der Waals surface area contributed by atoms with Gasteiger partial charge in [-0.05, 0) is 19.4 Å². The number of rotatable bonds is 2. The van der Waals surface area contributed by atoms with Crippen molar-refractivity contribution in [3.63, 3.8) is 0 Å². The number of nitrogens with two attached hydrogens (primary N) is 1. The maximum absolute atomic E-state index is 5.66. The third-order valence-corrected chi connectivity index (χ3v) is 3.15. The molecule has 0 radical (unpaired) electrons. The smallest absolute Gasteiger partial charge is 0.222 e. The maximum atomic E-state index is 5.66. The number of hydrogen-bond donors (Lipinski definition) is 1. The summed E-state index contributed by atoms with van der Waals surface area (Å²) in [6.07, 6.45) is 3.96. The van der Waals surface area contributed by atoms with Gasteiger partial charge in [-0.1, -0.05) is 0 Å². The van der Waals surface area contributed by atoms with Crippen LogP contribution in [-0.4, -0.2) is 32.8 Å². The van der Waals surface area contributed by atoms with E-state index in [2.05, 4.69) is 33.1 Å². The second-order valence-electron chi connectivity index (χ2n) is 4.78. The summed E-state index contributed by atoms with van der Waals surface area (Å²) in [5.41, 5.74) is 7.75. The van der Waals surface area contributed by atoms with Gasteiger partial charge in [0.05, 0.1) is 12.2 Å². The Bertz CT molecular complexity index is 549. The fourth-order valence-electron chi connectivity index (χ4n) is 2.18. The molecule has 94 valence electrons. The molecule has 0 spiro atoms. The minimum absolute atomic E-state index is 0.336. The highest BCUT2D eigenvalue weighted by atomic mass is 15.4. The van der Waals surface area contributed by atoms with Crippen LogP contribution >= 0.6 is 0 Å². The van der Waals surface area contributed by atoms with Crippen molar-refractivity contribution in [2.45, 2.75) is 19.9 Å². The summed E-state index contributed by atoms with van der Waals surface area (Å²) in [4.78, 5) is 10.5. The first kappa shape index (κ1) is 11.0. The number of hydrogen-bond acceptors (Lipinski definition) is 5. The minimum atomic E-state index is 0.336. The van der Waals surface area contributed by atoms with Crippen molar-refractivity contribution in [3.05, 3.63) is 29.7 Å². The van der Waals surface area contributed by atoms with Crippen LogP contribution in [0.4, 0.5) is 11.8 Å². The van der Waals surface area contributed by atoms with Gasteiger partial charge < -0.3 is 10.6 Å². The van der Waals surface area contributed by atoms with Gasteiger partial charge >= 0.3 is 0 Å². The summed E-state index contributed by atoms with van der Waals surface area (Å²) < 4.78 is 2.02. The van der Waals surface area contributed by atoms with E-state index in [-0.39, 0.29) is 0 Å². The molecule has 1 fully saturated rings. The van der Waals surface area contributed by atoms with E-state index < -0.39 is 0 Å². The predicted octanol–water partition coefficient (Wildman–Crippen LogP) is 0.933. The second kappa shape index (κ2) is 3.97. The average molecular weight is 244 g/mol. The Balaban J connectivity index is 1.71. The van der Waals surface area contributed by atoms with Crippen molar-refractivity contribution >= 4 is 11.8 Å². The van der Waals surface area contributed by atoms with Gasteiger partial charge in [0.15, 0.2) is 0 Å². The van der Waals surface area contributed by atoms with Crippen LogP contribution in [0, 0.1) is 13.8 Å². The number of anilines is 2. The lowest BCUT2D eigenvalue weighted by molar-refractivity contribution is 0.365. The Kier molecular flexibility index (Phi) is 2.43. The lowest BCUT2D eigenvalue weighted by Crippen LogP contribution is -2.48. The first-order valence-corrected chi connectivity index (χ1v) is 5.98. The van der Waals surface area contributed by atoms with Crippen molar-refractivity contribution < 1.29 is 0 Å². The van der Waals surface area contributed by atoms with Gasteiger partial charge in [-0.2, -0.15) is 10.1 Å². The van der Waals surface area contributed by atoms with E-state index in [1.165, 1.54) is 5.56 Å². The lowest BCUT2D eigenvalue weighted by atomic mass is 10.1. The zero-order valence-corrected chi connectivity index (χ0v) is 10.5. The molecule has 18 heavy (non-hydrogen) atoms. The standard InChI is InChI=1S/C12H16N6/c1-8-4-14-18(5-8)10-6-17(7-10)11-3-9(2)15-12(13)16-11/h3-5,10H,6-7H2,1-2H3,(H2,13,15,16). The summed E-state index contributed by atoms with van der Waals surface area (Å²) in [5.74, 6) is 1.24. The van der Waals surface area contributed by atoms with Gasteiger partial charge in [0.2, 0.25) is 5.95 Å². The summed E-state index contributed by atoms with van der Waals surface area (Å²) in [5, 5.41) is 4.33. The molecule has 1 aliphatic heterocycles. The largest absolute Gasteiger partial charge is 0.368 e. The van der Waals surface area contributed by atoms with Crippen LogP contribution in [0.5, 0.6) is 0 Å². The summed E-state index contributed by atoms with van der Waals surface area (Å²) in [6.45, 7) is 5.80. The number of aryl methyl sites for hydroxylation is 2. The van der Waals surface area contributed by atoms with Crippen molar-refractivity contribution in [1.29, 1.82) is 0 Å². The van der Waals surface area contributed by atoms with Crippen molar-refractivity contribution in [1.82, 2.24) is 19.7 Å². The minimum Gasteiger partial charge on any atom is -0.368 e. The fourth-order valence-corrected chi connectivity index (χ4v) is 2.18. The molecule has 0 saturated carbocycles. The number of nitrogens with zero attached hydrogens (tertiary/aromatic N) is 5. The molecule has 0 amide bonds. The highest BCUT2D eigenvalue weighted by Crippen LogP contribution is 2.26. The molecule has 3 heterocycles. The number of aromatic nitrogens is 4. The van der Waals surface area contributed by atoms with Crippen LogP contribution in [0.25, 0.3) is 0 Å². The molecule has 6 heteroatoms. The quantitative estimate of drug-likeness (QED) is 0.851. The monoisotopic (exact) mass is 244 g/mol. The number of nitrogen functional groups attached to an aromatic ring is 1. The van der Waals surface area contributed by atoms with Gasteiger partial charge in [0.25, 0.3) is 0 Å². The zero-order chi connectivity index (χ0) is 12.7. The molecule has 0 unspecified atom stereocenters. The molecule has 2 aromatic heterocycles. The maximum Gasteiger partial charge on any atom is 0.222 e. The van der Waals surface area contributed by atoms with Crippen molar-refractivity contribution in [2.75, 3.05) is 23.7 Å². The van der Waals surface area contributed by atoms with Crippen LogP contribution < -0.4 is 10.6 Å². The highest BCUT2D eigenvalue weighted by molar-refractivity contribution is 5.46. The molecular formula is C12H16N6. The molecule has 0 aliphatic carbocycles. The van der Waals surface area contributed by atoms with E-state index in [0.29, 0.717) is 12.0 Å². The van der Waals surface area contributed by atoms with E-state index in [0.717, 1.165) is 24.6 Å². The van der Waals surface area contributed by atoms with Gasteiger partial charge in [-0.15, -0.1) is 0 Å². The average Bonchev–Trinajstić information content (AvgIpc) is 2.61. The first-order valence-electron chi connectivity index (χ1n) is 5.98. The highest BCUT2D eigenvalue weighted by Gasteiger charge is 2.30. The molecule has 1 aliphatic rings. The van der Waals surface area contributed by atoms with E-state index in [1.54, 1.807) is 0 Å². The molecular weight excluding hydrogens is 228 g/mol. The van der Waals surface area contributed by atoms with E-state index in [4.69, 9.17) is 5.73 Å². The first-order chi connectivity index (χ1) is 8.61. The van der Waals surface area contributed by atoms with Crippen LogP contribution in [0.2, 0.25) is 0 Å². The summed E-state index contributed by atoms with van der Waals surface area (Å²) in [7, 11) is 0. The predicted molar refractivity (Wildman–Crippen MR) is 69.4 cm³/mol. The topological polar surface area (TPSA) is 72.9 Å².